The molecule has 2 aromatic carbocycles. The second-order valence-electron chi connectivity index (χ2n) is 4.82. The third-order valence-corrected chi connectivity index (χ3v) is 3.34. The van der Waals surface area contributed by atoms with Gasteiger partial charge in [0.05, 0.1) is 25.9 Å². The summed E-state index contributed by atoms with van der Waals surface area (Å²) in [6, 6.07) is 14.3. The highest BCUT2D eigenvalue weighted by atomic mass is 16.5. The molecule has 122 valence electrons. The van der Waals surface area contributed by atoms with Crippen LogP contribution in [0.25, 0.3) is 6.08 Å². The zero-order valence-corrected chi connectivity index (χ0v) is 13.5. The monoisotopic (exact) mass is 323 g/mol. The molecule has 0 atom stereocenters. The van der Waals surface area contributed by atoms with E-state index in [-0.39, 0.29) is 6.61 Å². The van der Waals surface area contributed by atoms with Crippen LogP contribution in [0.1, 0.15) is 16.7 Å². The first-order valence-electron chi connectivity index (χ1n) is 7.22. The highest BCUT2D eigenvalue weighted by molar-refractivity contribution is 5.87. The Bertz CT molecular complexity index is 790. The number of carbonyl (C=O) groups excluding carboxylic acids is 1. The number of nitriles is 1. The molecule has 0 amide bonds. The summed E-state index contributed by atoms with van der Waals surface area (Å²) in [5, 5.41) is 9.01. The molecule has 0 spiro atoms. The van der Waals surface area contributed by atoms with E-state index < -0.39 is 5.97 Å². The van der Waals surface area contributed by atoms with Crippen molar-refractivity contribution >= 4 is 12.0 Å². The molecule has 2 aromatic rings. The Morgan fingerprint density at radius 2 is 1.96 bits per heavy atom. The van der Waals surface area contributed by atoms with Gasteiger partial charge >= 0.3 is 5.97 Å². The Morgan fingerprint density at radius 3 is 2.67 bits per heavy atom. The first-order valence-corrected chi connectivity index (χ1v) is 7.22. The van der Waals surface area contributed by atoms with Crippen LogP contribution in [0, 0.1) is 11.3 Å². The molecule has 5 nitrogen and oxygen atoms in total. The summed E-state index contributed by atoms with van der Waals surface area (Å²) in [4.78, 5) is 11.9. The molecular formula is C19H17NO4. The van der Waals surface area contributed by atoms with Crippen molar-refractivity contribution in [3.8, 4) is 17.6 Å². The Morgan fingerprint density at radius 1 is 1.17 bits per heavy atom. The molecule has 0 bridgehead atoms. The van der Waals surface area contributed by atoms with Crippen molar-refractivity contribution in [3.63, 3.8) is 0 Å². The lowest BCUT2D eigenvalue weighted by Crippen LogP contribution is -2.02. The van der Waals surface area contributed by atoms with Crippen LogP contribution in [-0.2, 0) is 16.1 Å². The summed E-state index contributed by atoms with van der Waals surface area (Å²) >= 11 is 0. The standard InChI is InChI=1S/C19H17NO4/c1-22-17-8-9-18(23-2)14(11-17)7-10-19(21)24-13-16-6-4-3-5-15(16)12-20/h3-11H,13H2,1-2H3/b10-7+. The Labute approximate surface area is 140 Å². The molecule has 0 aliphatic heterocycles. The molecule has 0 N–H and O–H groups in total. The lowest BCUT2D eigenvalue weighted by molar-refractivity contribution is -0.138. The largest absolute Gasteiger partial charge is 0.497 e. The summed E-state index contributed by atoms with van der Waals surface area (Å²) in [6.45, 7) is 0.0438. The van der Waals surface area contributed by atoms with Crippen molar-refractivity contribution in [2.75, 3.05) is 14.2 Å². The van der Waals surface area contributed by atoms with E-state index in [9.17, 15) is 4.79 Å². The SMILES string of the molecule is COc1ccc(OC)c(/C=C/C(=O)OCc2ccccc2C#N)c1. The van der Waals surface area contributed by atoms with Gasteiger partial charge in [0.1, 0.15) is 18.1 Å². The van der Waals surface area contributed by atoms with Gasteiger partial charge in [0.15, 0.2) is 0 Å². The second-order valence-corrected chi connectivity index (χ2v) is 4.82. The van der Waals surface area contributed by atoms with Gasteiger partial charge in [0.25, 0.3) is 0 Å². The van der Waals surface area contributed by atoms with Gasteiger partial charge < -0.3 is 14.2 Å². The van der Waals surface area contributed by atoms with Crippen LogP contribution >= 0.6 is 0 Å². The summed E-state index contributed by atoms with van der Waals surface area (Å²) in [7, 11) is 3.12. The molecule has 0 saturated carbocycles. The van der Waals surface area contributed by atoms with Crippen molar-refractivity contribution in [1.29, 1.82) is 5.26 Å². The molecule has 24 heavy (non-hydrogen) atoms. The van der Waals surface area contributed by atoms with Gasteiger partial charge in [-0.2, -0.15) is 5.26 Å². The van der Waals surface area contributed by atoms with E-state index in [2.05, 4.69) is 6.07 Å². The predicted molar refractivity (Wildman–Crippen MR) is 89.5 cm³/mol. The number of esters is 1. The van der Waals surface area contributed by atoms with Crippen LogP contribution in [0.5, 0.6) is 11.5 Å². The normalized spacial score (nSPS) is 10.2. The molecule has 0 fully saturated rings. The predicted octanol–water partition coefficient (Wildman–Crippen LogP) is 3.33. The quantitative estimate of drug-likeness (QED) is 0.602. The summed E-state index contributed by atoms with van der Waals surface area (Å²) < 4.78 is 15.6. The molecule has 0 heterocycles. The molecule has 2 rings (SSSR count). The van der Waals surface area contributed by atoms with Gasteiger partial charge in [-0.1, -0.05) is 18.2 Å². The number of methoxy groups -OCH3 is 2. The van der Waals surface area contributed by atoms with Crippen molar-refractivity contribution in [2.45, 2.75) is 6.61 Å². The highest BCUT2D eigenvalue weighted by Gasteiger charge is 2.05. The fraction of sp³-hybridized carbons (Fsp3) is 0.158. The van der Waals surface area contributed by atoms with Crippen molar-refractivity contribution in [2.24, 2.45) is 0 Å². The topological polar surface area (TPSA) is 68.6 Å². The molecule has 0 saturated heterocycles. The fourth-order valence-electron chi connectivity index (χ4n) is 2.08. The maximum Gasteiger partial charge on any atom is 0.331 e. The summed E-state index contributed by atoms with van der Waals surface area (Å²) in [6.07, 6.45) is 2.91. The van der Waals surface area contributed by atoms with E-state index in [0.717, 1.165) is 0 Å². The zero-order valence-electron chi connectivity index (χ0n) is 13.5. The summed E-state index contributed by atoms with van der Waals surface area (Å²) in [5.74, 6) is 0.772. The van der Waals surface area contributed by atoms with Gasteiger partial charge in [0, 0.05) is 17.2 Å². The minimum Gasteiger partial charge on any atom is -0.497 e. The van der Waals surface area contributed by atoms with Crippen molar-refractivity contribution < 1.29 is 19.0 Å². The van der Waals surface area contributed by atoms with E-state index in [4.69, 9.17) is 19.5 Å². The van der Waals surface area contributed by atoms with E-state index in [1.54, 1.807) is 62.8 Å². The second kappa shape index (κ2) is 8.39. The molecule has 0 aliphatic carbocycles. The number of ether oxygens (including phenoxy) is 3. The van der Waals surface area contributed by atoms with E-state index in [1.165, 1.54) is 6.08 Å². The zero-order chi connectivity index (χ0) is 17.4. The Kier molecular flexibility index (Phi) is 5.98. The van der Waals surface area contributed by atoms with E-state index >= 15 is 0 Å². The van der Waals surface area contributed by atoms with Gasteiger partial charge in [-0.05, 0) is 30.3 Å². The number of rotatable bonds is 6. The lowest BCUT2D eigenvalue weighted by atomic mass is 10.1. The molecular weight excluding hydrogens is 306 g/mol. The summed E-state index contributed by atoms with van der Waals surface area (Å²) in [5.41, 5.74) is 1.86. The third kappa shape index (κ3) is 4.37. The van der Waals surface area contributed by atoms with Crippen LogP contribution < -0.4 is 9.47 Å². The van der Waals surface area contributed by atoms with Crippen molar-refractivity contribution in [3.05, 3.63) is 65.2 Å². The first kappa shape index (κ1) is 17.1. The van der Waals surface area contributed by atoms with Crippen molar-refractivity contribution in [1.82, 2.24) is 0 Å². The Hall–Kier alpha value is -3.26. The van der Waals surface area contributed by atoms with E-state index in [0.29, 0.717) is 28.2 Å². The first-order chi connectivity index (χ1) is 11.7. The number of benzene rings is 2. The maximum absolute atomic E-state index is 11.9. The lowest BCUT2D eigenvalue weighted by Gasteiger charge is -2.07. The average Bonchev–Trinajstić information content (AvgIpc) is 2.64. The molecule has 0 aliphatic rings. The van der Waals surface area contributed by atoms with Gasteiger partial charge in [0.2, 0.25) is 0 Å². The highest BCUT2D eigenvalue weighted by Crippen LogP contribution is 2.25. The van der Waals surface area contributed by atoms with Gasteiger partial charge in [-0.25, -0.2) is 4.79 Å². The number of hydrogen-bond acceptors (Lipinski definition) is 5. The fourth-order valence-corrected chi connectivity index (χ4v) is 2.08. The number of hydrogen-bond donors (Lipinski definition) is 0. The minimum atomic E-state index is -0.507. The maximum atomic E-state index is 11.9. The van der Waals surface area contributed by atoms with Gasteiger partial charge in [-0.3, -0.25) is 0 Å². The smallest absolute Gasteiger partial charge is 0.331 e. The van der Waals surface area contributed by atoms with Crippen LogP contribution in [0.15, 0.2) is 48.5 Å². The van der Waals surface area contributed by atoms with E-state index in [1.807, 2.05) is 0 Å². The third-order valence-electron chi connectivity index (χ3n) is 3.34. The van der Waals surface area contributed by atoms with Crippen LogP contribution in [0.3, 0.4) is 0 Å². The average molecular weight is 323 g/mol. The van der Waals surface area contributed by atoms with Crippen LogP contribution in [0.2, 0.25) is 0 Å². The molecule has 0 radical (unpaired) electrons. The molecule has 5 heteroatoms. The van der Waals surface area contributed by atoms with Crippen LogP contribution in [0.4, 0.5) is 0 Å². The van der Waals surface area contributed by atoms with Gasteiger partial charge in [-0.15, -0.1) is 0 Å². The Balaban J connectivity index is 2.04. The number of carbonyl (C=O) groups is 1. The number of nitrogens with zero attached hydrogens (tertiary/aromatic N) is 1. The van der Waals surface area contributed by atoms with Crippen LogP contribution in [-0.4, -0.2) is 20.2 Å². The minimum absolute atomic E-state index is 0.0438. The molecule has 0 aromatic heterocycles. The molecule has 0 unspecified atom stereocenters.